The van der Waals surface area contributed by atoms with E-state index in [1.165, 1.54) is 0 Å². The van der Waals surface area contributed by atoms with Gasteiger partial charge < -0.3 is 5.11 Å². The molecule has 0 heterocycles. The third-order valence-corrected chi connectivity index (χ3v) is 2.73. The molecule has 0 unspecified atom stereocenters. The number of carbonyl (C=O) groups is 1. The summed E-state index contributed by atoms with van der Waals surface area (Å²) < 4.78 is 6.82. The predicted octanol–water partition coefficient (Wildman–Crippen LogP) is 2.69. The van der Waals surface area contributed by atoms with E-state index in [0.717, 1.165) is 36.8 Å². The van der Waals surface area contributed by atoms with Gasteiger partial charge in [0.05, 0.1) is 0 Å². The molecule has 1 aliphatic rings. The third-order valence-electron chi connectivity index (χ3n) is 2.73. The Hall–Kier alpha value is -1.31. The Morgan fingerprint density at radius 1 is 1.21 bits per heavy atom. The lowest BCUT2D eigenvalue weighted by atomic mass is 9.92. The minimum absolute atomic E-state index is 0.223. The van der Waals surface area contributed by atoms with Gasteiger partial charge in [0, 0.05) is 12.0 Å². The molecule has 0 radical (unpaired) electrons. The minimum Gasteiger partial charge on any atom is -0.508 e. The van der Waals surface area contributed by atoms with Gasteiger partial charge in [0.2, 0.25) is 0 Å². The minimum atomic E-state index is 0.223. The lowest BCUT2D eigenvalue weighted by Crippen LogP contribution is -2.06. The highest BCUT2D eigenvalue weighted by Gasteiger charge is 2.14. The fraction of sp³-hybridized carbons (Fsp3) is 0.417. The number of phenolic OH excluding ortho intramolecular Hbond substituents is 1. The Bertz CT molecular complexity index is 374. The van der Waals surface area contributed by atoms with Crippen LogP contribution in [-0.2, 0) is 6.42 Å². The lowest BCUT2D eigenvalue weighted by molar-refractivity contribution is 0.0976. The SMILES string of the molecule is [2H]Oc1ccc2c(c1)CCCCCC2=O. The smallest absolute Gasteiger partial charge is 0.293 e. The number of hydrogen-bond donors (Lipinski definition) is 1. The molecular formula is C12H14O2. The van der Waals surface area contributed by atoms with Crippen LogP contribution in [0.25, 0.3) is 0 Å². The Balaban J connectivity index is 2.38. The van der Waals surface area contributed by atoms with Crippen molar-refractivity contribution in [3.63, 3.8) is 0 Å². The van der Waals surface area contributed by atoms with E-state index in [2.05, 4.69) is 5.11 Å². The summed E-state index contributed by atoms with van der Waals surface area (Å²) in [7, 11) is 0. The summed E-state index contributed by atoms with van der Waals surface area (Å²) in [5.41, 5.74) is 1.85. The average Bonchev–Trinajstić information content (AvgIpc) is 2.25. The molecular weight excluding hydrogens is 176 g/mol. The van der Waals surface area contributed by atoms with E-state index in [1.807, 2.05) is 6.07 Å². The van der Waals surface area contributed by atoms with E-state index < -0.39 is 0 Å². The fourth-order valence-corrected chi connectivity index (χ4v) is 1.96. The Morgan fingerprint density at radius 3 is 2.93 bits per heavy atom. The molecule has 2 rings (SSSR count). The van der Waals surface area contributed by atoms with Gasteiger partial charge in [0.25, 0.3) is 1.43 Å². The number of ketones is 1. The van der Waals surface area contributed by atoms with E-state index in [4.69, 9.17) is 1.43 Å². The topological polar surface area (TPSA) is 37.3 Å². The molecule has 0 saturated carbocycles. The molecule has 0 aromatic heterocycles. The molecule has 14 heavy (non-hydrogen) atoms. The molecule has 0 amide bonds. The maximum absolute atomic E-state index is 11.8. The van der Waals surface area contributed by atoms with Crippen molar-refractivity contribution in [2.75, 3.05) is 0 Å². The molecule has 0 saturated heterocycles. The molecule has 1 aromatic carbocycles. The van der Waals surface area contributed by atoms with Gasteiger partial charge in [-0.05, 0) is 43.0 Å². The number of rotatable bonds is 1. The van der Waals surface area contributed by atoms with Crippen LogP contribution in [-0.4, -0.2) is 12.3 Å². The van der Waals surface area contributed by atoms with Gasteiger partial charge in [-0.1, -0.05) is 6.42 Å². The zero-order valence-electron chi connectivity index (χ0n) is 9.08. The molecule has 1 aromatic rings. The molecule has 2 nitrogen and oxygen atoms in total. The van der Waals surface area contributed by atoms with Crippen LogP contribution >= 0.6 is 0 Å². The second-order valence-electron chi connectivity index (χ2n) is 3.80. The van der Waals surface area contributed by atoms with Crippen LogP contribution in [0.5, 0.6) is 5.75 Å². The van der Waals surface area contributed by atoms with Crippen LogP contribution in [0.15, 0.2) is 18.2 Å². The van der Waals surface area contributed by atoms with Crippen LogP contribution < -0.4 is 0 Å². The Labute approximate surface area is 85.1 Å². The quantitative estimate of drug-likeness (QED) is 0.741. The van der Waals surface area contributed by atoms with Crippen molar-refractivity contribution in [3.05, 3.63) is 29.3 Å². The first kappa shape index (κ1) is 8.04. The monoisotopic (exact) mass is 191 g/mol. The molecule has 0 fully saturated rings. The fourth-order valence-electron chi connectivity index (χ4n) is 1.96. The van der Waals surface area contributed by atoms with Gasteiger partial charge in [-0.3, -0.25) is 4.79 Å². The standard InChI is InChI=1S/C12H14O2/c13-10-6-7-11-9(8-10)4-2-1-3-5-12(11)14/h6-8,13H,1-5H2/i/hD. The van der Waals surface area contributed by atoms with E-state index in [-0.39, 0.29) is 5.78 Å². The van der Waals surface area contributed by atoms with Gasteiger partial charge >= 0.3 is 0 Å². The van der Waals surface area contributed by atoms with Crippen molar-refractivity contribution in [3.8, 4) is 5.75 Å². The molecule has 1 N–H and O–H groups in total. The second-order valence-corrected chi connectivity index (χ2v) is 3.80. The van der Waals surface area contributed by atoms with Crippen LogP contribution in [0.3, 0.4) is 0 Å². The third kappa shape index (κ3) is 1.79. The largest absolute Gasteiger partial charge is 0.508 e. The van der Waals surface area contributed by atoms with Crippen LogP contribution in [0, 0.1) is 0 Å². The molecule has 2 heteroatoms. The van der Waals surface area contributed by atoms with E-state index in [9.17, 15) is 4.79 Å². The Kier molecular flexibility index (Phi) is 2.20. The first-order chi connectivity index (χ1) is 7.31. The first-order valence-electron chi connectivity index (χ1n) is 5.51. The first-order valence-corrected chi connectivity index (χ1v) is 5.10. The van der Waals surface area contributed by atoms with Crippen LogP contribution in [0.1, 0.15) is 41.6 Å². The van der Waals surface area contributed by atoms with Gasteiger partial charge in [-0.15, -0.1) is 0 Å². The van der Waals surface area contributed by atoms with Gasteiger partial charge in [0.15, 0.2) is 5.78 Å². The summed E-state index contributed by atoms with van der Waals surface area (Å²) in [4.78, 5) is 11.8. The van der Waals surface area contributed by atoms with Gasteiger partial charge in [-0.2, -0.15) is 0 Å². The molecule has 0 aliphatic heterocycles. The number of phenols is 1. The molecule has 0 atom stereocenters. The number of fused-ring (bicyclic) bond motifs is 1. The van der Waals surface area contributed by atoms with Gasteiger partial charge in [-0.25, -0.2) is 0 Å². The number of Topliss-reactive ketones (excluding diaryl/α,β-unsaturated/α-hetero) is 1. The maximum Gasteiger partial charge on any atom is 0.293 e. The summed E-state index contributed by atoms with van der Waals surface area (Å²) in [6.45, 7) is 0. The summed E-state index contributed by atoms with van der Waals surface area (Å²) in [6, 6.07) is 5.28. The molecule has 74 valence electrons. The maximum atomic E-state index is 11.8. The molecule has 1 aliphatic carbocycles. The van der Waals surface area contributed by atoms with E-state index in [0.29, 0.717) is 12.2 Å². The second kappa shape index (κ2) is 3.82. The zero-order valence-corrected chi connectivity index (χ0v) is 8.08. The van der Waals surface area contributed by atoms with E-state index in [1.54, 1.807) is 12.1 Å². The number of aromatic hydroxyl groups is 1. The number of hydrogen-bond acceptors (Lipinski definition) is 2. The zero-order chi connectivity index (χ0) is 10.7. The van der Waals surface area contributed by atoms with Crippen molar-refractivity contribution >= 4 is 5.78 Å². The van der Waals surface area contributed by atoms with Gasteiger partial charge in [0.1, 0.15) is 5.75 Å². The van der Waals surface area contributed by atoms with Crippen molar-refractivity contribution in [1.29, 1.82) is 1.43 Å². The highest BCUT2D eigenvalue weighted by Crippen LogP contribution is 2.23. The van der Waals surface area contributed by atoms with E-state index >= 15 is 0 Å². The summed E-state index contributed by atoms with van der Waals surface area (Å²) in [6.07, 6.45) is 4.78. The lowest BCUT2D eigenvalue weighted by Gasteiger charge is -2.12. The average molecular weight is 191 g/mol. The van der Waals surface area contributed by atoms with Crippen molar-refractivity contribution in [2.45, 2.75) is 32.1 Å². The summed E-state index contributed by atoms with van der Waals surface area (Å²) in [5, 5.41) is 4.43. The highest BCUT2D eigenvalue weighted by atomic mass is 16.3. The summed E-state index contributed by atoms with van der Waals surface area (Å²) in [5.74, 6) is 0.739. The molecule has 0 spiro atoms. The molecule has 0 bridgehead atoms. The number of carbonyl (C=O) groups excluding carboxylic acids is 1. The number of aryl methyl sites for hydroxylation is 1. The van der Waals surface area contributed by atoms with Crippen molar-refractivity contribution in [2.24, 2.45) is 0 Å². The van der Waals surface area contributed by atoms with Crippen LogP contribution in [0.2, 0.25) is 0 Å². The predicted molar refractivity (Wildman–Crippen MR) is 54.6 cm³/mol. The highest BCUT2D eigenvalue weighted by molar-refractivity contribution is 5.97. The van der Waals surface area contributed by atoms with Crippen molar-refractivity contribution < 1.29 is 9.90 Å². The number of benzene rings is 1. The van der Waals surface area contributed by atoms with Crippen molar-refractivity contribution in [1.82, 2.24) is 0 Å². The summed E-state index contributed by atoms with van der Waals surface area (Å²) >= 11 is 0. The van der Waals surface area contributed by atoms with Crippen LogP contribution in [0.4, 0.5) is 0 Å². The normalized spacial score (nSPS) is 17.7. The Morgan fingerprint density at radius 2 is 2.07 bits per heavy atom.